The molecule has 1 aromatic carbocycles. The summed E-state index contributed by atoms with van der Waals surface area (Å²) in [5.41, 5.74) is 12.6. The molecule has 82 valence electrons. The van der Waals surface area contributed by atoms with Crippen LogP contribution in [0.4, 0.5) is 11.8 Å². The molecular formula is C10H8Cl2N4. The molecule has 0 aliphatic rings. The summed E-state index contributed by atoms with van der Waals surface area (Å²) in [4.78, 5) is 7.74. The van der Waals surface area contributed by atoms with E-state index in [1.807, 2.05) is 0 Å². The highest BCUT2D eigenvalue weighted by Gasteiger charge is 2.07. The van der Waals surface area contributed by atoms with Gasteiger partial charge >= 0.3 is 0 Å². The molecule has 0 unspecified atom stereocenters. The largest absolute Gasteiger partial charge is 0.383 e. The van der Waals surface area contributed by atoms with Gasteiger partial charge in [0.2, 0.25) is 5.95 Å². The molecule has 4 nitrogen and oxygen atoms in total. The lowest BCUT2D eigenvalue weighted by molar-refractivity contribution is 1.20. The lowest BCUT2D eigenvalue weighted by Gasteiger charge is -2.06. The zero-order valence-corrected chi connectivity index (χ0v) is 9.63. The number of halogens is 2. The minimum absolute atomic E-state index is 0.134. The van der Waals surface area contributed by atoms with Gasteiger partial charge in [-0.3, -0.25) is 0 Å². The van der Waals surface area contributed by atoms with E-state index in [0.717, 1.165) is 5.56 Å². The van der Waals surface area contributed by atoms with E-state index in [-0.39, 0.29) is 5.95 Å². The van der Waals surface area contributed by atoms with Crippen LogP contribution in [-0.4, -0.2) is 9.97 Å². The maximum Gasteiger partial charge on any atom is 0.221 e. The van der Waals surface area contributed by atoms with E-state index in [1.54, 1.807) is 24.4 Å². The molecule has 4 N–H and O–H groups in total. The van der Waals surface area contributed by atoms with Crippen molar-refractivity contribution in [3.8, 4) is 11.1 Å². The first-order valence-electron chi connectivity index (χ1n) is 4.41. The van der Waals surface area contributed by atoms with Crippen LogP contribution >= 0.6 is 23.2 Å². The Bertz CT molecular complexity index is 522. The van der Waals surface area contributed by atoms with Crippen LogP contribution in [0.25, 0.3) is 11.1 Å². The first-order chi connectivity index (χ1) is 7.56. The SMILES string of the molecule is Nc1ncc(-c2cc(Cl)cc(Cl)c2)c(N)n1. The number of nitrogen functional groups attached to an aromatic ring is 2. The van der Waals surface area contributed by atoms with Crippen molar-refractivity contribution in [1.29, 1.82) is 0 Å². The second-order valence-corrected chi connectivity index (χ2v) is 4.06. The number of hydrogen-bond donors (Lipinski definition) is 2. The molecule has 1 heterocycles. The summed E-state index contributed by atoms with van der Waals surface area (Å²) < 4.78 is 0. The van der Waals surface area contributed by atoms with E-state index in [1.165, 1.54) is 0 Å². The third-order valence-electron chi connectivity index (χ3n) is 2.01. The van der Waals surface area contributed by atoms with Crippen LogP contribution in [0.15, 0.2) is 24.4 Å². The molecule has 1 aromatic heterocycles. The average molecular weight is 255 g/mol. The Kier molecular flexibility index (Phi) is 2.85. The van der Waals surface area contributed by atoms with Crippen LogP contribution in [0.3, 0.4) is 0 Å². The normalized spacial score (nSPS) is 10.4. The van der Waals surface area contributed by atoms with Crippen molar-refractivity contribution in [3.05, 3.63) is 34.4 Å². The van der Waals surface area contributed by atoms with Gasteiger partial charge in [0.05, 0.1) is 0 Å². The minimum Gasteiger partial charge on any atom is -0.383 e. The van der Waals surface area contributed by atoms with Crippen LogP contribution in [0, 0.1) is 0 Å². The van der Waals surface area contributed by atoms with Crippen molar-refractivity contribution in [2.45, 2.75) is 0 Å². The number of anilines is 2. The summed E-state index contributed by atoms with van der Waals surface area (Å²) in [5, 5.41) is 1.05. The average Bonchev–Trinajstić information content (AvgIpc) is 2.15. The fraction of sp³-hybridized carbons (Fsp3) is 0. The Labute approximate surface area is 102 Å². The van der Waals surface area contributed by atoms with Gasteiger partial charge in [-0.25, -0.2) is 4.98 Å². The molecule has 2 aromatic rings. The smallest absolute Gasteiger partial charge is 0.221 e. The molecule has 0 atom stereocenters. The van der Waals surface area contributed by atoms with E-state index >= 15 is 0 Å². The first-order valence-corrected chi connectivity index (χ1v) is 5.16. The number of aromatic nitrogens is 2. The van der Waals surface area contributed by atoms with E-state index in [2.05, 4.69) is 9.97 Å². The number of nitrogens with zero attached hydrogens (tertiary/aromatic N) is 2. The molecule has 0 saturated heterocycles. The Hall–Kier alpha value is -1.52. The Morgan fingerprint density at radius 1 is 1.00 bits per heavy atom. The van der Waals surface area contributed by atoms with Gasteiger partial charge in [-0.05, 0) is 23.8 Å². The molecular weight excluding hydrogens is 247 g/mol. The highest BCUT2D eigenvalue weighted by molar-refractivity contribution is 6.35. The van der Waals surface area contributed by atoms with Gasteiger partial charge in [-0.2, -0.15) is 4.98 Å². The predicted molar refractivity (Wildman–Crippen MR) is 66.3 cm³/mol. The van der Waals surface area contributed by atoms with Crippen LogP contribution < -0.4 is 11.5 Å². The summed E-state index contributed by atoms with van der Waals surface area (Å²) >= 11 is 11.8. The van der Waals surface area contributed by atoms with E-state index in [4.69, 9.17) is 34.7 Å². The molecule has 0 radical (unpaired) electrons. The summed E-state index contributed by atoms with van der Waals surface area (Å²) in [6.45, 7) is 0. The third-order valence-corrected chi connectivity index (χ3v) is 2.45. The van der Waals surface area contributed by atoms with E-state index < -0.39 is 0 Å². The van der Waals surface area contributed by atoms with Crippen molar-refractivity contribution >= 4 is 35.0 Å². The van der Waals surface area contributed by atoms with Gasteiger partial charge in [-0.1, -0.05) is 23.2 Å². The number of rotatable bonds is 1. The summed E-state index contributed by atoms with van der Waals surface area (Å²) in [6.07, 6.45) is 1.54. The van der Waals surface area contributed by atoms with Crippen LogP contribution in [0.2, 0.25) is 10.0 Å². The Morgan fingerprint density at radius 3 is 2.19 bits per heavy atom. The fourth-order valence-corrected chi connectivity index (χ4v) is 1.87. The molecule has 0 spiro atoms. The van der Waals surface area contributed by atoms with Gasteiger partial charge in [0.1, 0.15) is 5.82 Å². The van der Waals surface area contributed by atoms with Gasteiger partial charge in [-0.15, -0.1) is 0 Å². The molecule has 16 heavy (non-hydrogen) atoms. The van der Waals surface area contributed by atoms with Crippen molar-refractivity contribution in [1.82, 2.24) is 9.97 Å². The quantitative estimate of drug-likeness (QED) is 0.820. The van der Waals surface area contributed by atoms with Crippen LogP contribution in [0.1, 0.15) is 0 Å². The maximum atomic E-state index is 5.89. The standard InChI is InChI=1S/C10H8Cl2N4/c11-6-1-5(2-7(12)3-6)8-4-15-10(14)16-9(8)13/h1-4H,(H4,13,14,15,16). The number of nitrogens with two attached hydrogens (primary N) is 2. The molecule has 0 fully saturated rings. The molecule has 0 bridgehead atoms. The van der Waals surface area contributed by atoms with Crippen molar-refractivity contribution < 1.29 is 0 Å². The van der Waals surface area contributed by atoms with Crippen LogP contribution in [-0.2, 0) is 0 Å². The molecule has 0 aliphatic carbocycles. The number of hydrogen-bond acceptors (Lipinski definition) is 4. The monoisotopic (exact) mass is 254 g/mol. The lowest BCUT2D eigenvalue weighted by Crippen LogP contribution is -2.00. The summed E-state index contributed by atoms with van der Waals surface area (Å²) in [7, 11) is 0. The molecule has 2 rings (SSSR count). The molecule has 6 heteroatoms. The zero-order chi connectivity index (χ0) is 11.7. The highest BCUT2D eigenvalue weighted by Crippen LogP contribution is 2.29. The Morgan fingerprint density at radius 2 is 1.62 bits per heavy atom. The van der Waals surface area contributed by atoms with Gasteiger partial charge in [0, 0.05) is 21.8 Å². The fourth-order valence-electron chi connectivity index (χ4n) is 1.34. The van der Waals surface area contributed by atoms with Crippen molar-refractivity contribution in [2.75, 3.05) is 11.5 Å². The molecule has 0 aliphatic heterocycles. The molecule has 0 amide bonds. The lowest BCUT2D eigenvalue weighted by atomic mass is 10.1. The Balaban J connectivity index is 2.58. The van der Waals surface area contributed by atoms with Gasteiger partial charge in [0.25, 0.3) is 0 Å². The van der Waals surface area contributed by atoms with E-state index in [9.17, 15) is 0 Å². The van der Waals surface area contributed by atoms with Gasteiger partial charge < -0.3 is 11.5 Å². The second-order valence-electron chi connectivity index (χ2n) is 3.19. The van der Waals surface area contributed by atoms with Gasteiger partial charge in [0.15, 0.2) is 0 Å². The first kappa shape index (κ1) is 11.0. The van der Waals surface area contributed by atoms with E-state index in [0.29, 0.717) is 21.4 Å². The number of benzene rings is 1. The second kappa shape index (κ2) is 4.15. The highest BCUT2D eigenvalue weighted by atomic mass is 35.5. The summed E-state index contributed by atoms with van der Waals surface area (Å²) in [6, 6.07) is 5.11. The minimum atomic E-state index is 0.134. The van der Waals surface area contributed by atoms with Crippen molar-refractivity contribution in [3.63, 3.8) is 0 Å². The molecule has 0 saturated carbocycles. The van der Waals surface area contributed by atoms with Crippen LogP contribution in [0.5, 0.6) is 0 Å². The van der Waals surface area contributed by atoms with Crippen molar-refractivity contribution in [2.24, 2.45) is 0 Å². The topological polar surface area (TPSA) is 77.8 Å². The third kappa shape index (κ3) is 2.18. The summed E-state index contributed by atoms with van der Waals surface area (Å²) in [5.74, 6) is 0.431. The maximum absolute atomic E-state index is 5.89. The predicted octanol–water partition coefficient (Wildman–Crippen LogP) is 2.61. The zero-order valence-electron chi connectivity index (χ0n) is 8.11.